The lowest BCUT2D eigenvalue weighted by molar-refractivity contribution is 0.0751. The van der Waals surface area contributed by atoms with Crippen molar-refractivity contribution in [1.82, 2.24) is 4.90 Å². The highest BCUT2D eigenvalue weighted by Gasteiger charge is 2.26. The zero-order valence-corrected chi connectivity index (χ0v) is 14.9. The largest absolute Gasteiger partial charge is 0.368 e. The molecule has 0 N–H and O–H groups in total. The standard InChI is InChI=1S/C19H24N2OS/c1-19(2,3)15-7-4-5-8-16(15)20-10-12-21(13-11-20)18(22)17-9-6-14-23-17/h4-9,14H,10-13H2,1-3H3. The van der Waals surface area contributed by atoms with Crippen molar-refractivity contribution in [2.45, 2.75) is 26.2 Å². The monoisotopic (exact) mass is 328 g/mol. The molecule has 1 aromatic carbocycles. The van der Waals surface area contributed by atoms with Crippen LogP contribution in [0.1, 0.15) is 36.0 Å². The fraction of sp³-hybridized carbons (Fsp3) is 0.421. The molecule has 0 unspecified atom stereocenters. The van der Waals surface area contributed by atoms with Crippen LogP contribution in [0.5, 0.6) is 0 Å². The first-order valence-corrected chi connectivity index (χ1v) is 9.02. The summed E-state index contributed by atoms with van der Waals surface area (Å²) in [6.07, 6.45) is 0. The van der Waals surface area contributed by atoms with Crippen LogP contribution in [0.25, 0.3) is 0 Å². The van der Waals surface area contributed by atoms with Gasteiger partial charge in [-0.15, -0.1) is 11.3 Å². The van der Waals surface area contributed by atoms with Gasteiger partial charge in [0.2, 0.25) is 0 Å². The molecule has 3 rings (SSSR count). The molecule has 0 saturated carbocycles. The Hall–Kier alpha value is -1.81. The maximum absolute atomic E-state index is 12.4. The summed E-state index contributed by atoms with van der Waals surface area (Å²) in [5.74, 6) is 0.170. The fourth-order valence-corrected chi connectivity index (χ4v) is 3.78. The van der Waals surface area contributed by atoms with Gasteiger partial charge in [-0.25, -0.2) is 0 Å². The number of nitrogens with zero attached hydrogens (tertiary/aromatic N) is 2. The van der Waals surface area contributed by atoms with Crippen molar-refractivity contribution in [2.75, 3.05) is 31.1 Å². The Morgan fingerprint density at radius 2 is 1.70 bits per heavy atom. The lowest BCUT2D eigenvalue weighted by Gasteiger charge is -2.38. The van der Waals surface area contributed by atoms with E-state index in [0.29, 0.717) is 0 Å². The summed E-state index contributed by atoms with van der Waals surface area (Å²) in [5.41, 5.74) is 2.81. The number of anilines is 1. The molecule has 4 heteroatoms. The number of thiophene rings is 1. The van der Waals surface area contributed by atoms with E-state index in [2.05, 4.69) is 49.9 Å². The zero-order valence-electron chi connectivity index (χ0n) is 14.1. The van der Waals surface area contributed by atoms with Crippen molar-refractivity contribution < 1.29 is 4.79 Å². The summed E-state index contributed by atoms with van der Waals surface area (Å²) in [5, 5.41) is 1.96. The minimum absolute atomic E-state index is 0.126. The van der Waals surface area contributed by atoms with Gasteiger partial charge in [0, 0.05) is 31.9 Å². The Bertz CT molecular complexity index is 665. The molecule has 1 aromatic heterocycles. The molecule has 0 atom stereocenters. The highest BCUT2D eigenvalue weighted by molar-refractivity contribution is 7.12. The second-order valence-electron chi connectivity index (χ2n) is 7.02. The van der Waals surface area contributed by atoms with E-state index in [9.17, 15) is 4.79 Å². The lowest BCUT2D eigenvalue weighted by atomic mass is 9.85. The van der Waals surface area contributed by atoms with E-state index in [0.717, 1.165) is 31.1 Å². The number of para-hydroxylation sites is 1. The SMILES string of the molecule is CC(C)(C)c1ccccc1N1CCN(C(=O)c2cccs2)CC1. The van der Waals surface area contributed by atoms with Crippen molar-refractivity contribution in [3.63, 3.8) is 0 Å². The smallest absolute Gasteiger partial charge is 0.264 e. The third kappa shape index (κ3) is 3.42. The van der Waals surface area contributed by atoms with Crippen LogP contribution in [-0.4, -0.2) is 37.0 Å². The van der Waals surface area contributed by atoms with Crippen LogP contribution in [0.2, 0.25) is 0 Å². The summed E-state index contributed by atoms with van der Waals surface area (Å²) >= 11 is 1.52. The molecule has 0 spiro atoms. The van der Waals surface area contributed by atoms with Crippen molar-refractivity contribution in [3.8, 4) is 0 Å². The number of hydrogen-bond donors (Lipinski definition) is 0. The predicted molar refractivity (Wildman–Crippen MR) is 97.6 cm³/mol. The first-order chi connectivity index (χ1) is 11.0. The van der Waals surface area contributed by atoms with Gasteiger partial charge in [0.15, 0.2) is 0 Å². The quantitative estimate of drug-likeness (QED) is 0.831. The summed E-state index contributed by atoms with van der Waals surface area (Å²) in [7, 11) is 0. The summed E-state index contributed by atoms with van der Waals surface area (Å²) in [6, 6.07) is 12.5. The van der Waals surface area contributed by atoms with Crippen molar-refractivity contribution in [1.29, 1.82) is 0 Å². The van der Waals surface area contributed by atoms with Gasteiger partial charge in [-0.3, -0.25) is 4.79 Å². The topological polar surface area (TPSA) is 23.6 Å². The highest BCUT2D eigenvalue weighted by Crippen LogP contribution is 2.32. The van der Waals surface area contributed by atoms with Crippen molar-refractivity contribution >= 4 is 22.9 Å². The number of amides is 1. The molecule has 0 radical (unpaired) electrons. The molecule has 23 heavy (non-hydrogen) atoms. The van der Waals surface area contributed by atoms with Gasteiger partial charge in [-0.1, -0.05) is 45.0 Å². The second kappa shape index (κ2) is 6.36. The summed E-state index contributed by atoms with van der Waals surface area (Å²) in [4.78, 5) is 17.7. The third-order valence-electron chi connectivity index (χ3n) is 4.35. The van der Waals surface area contributed by atoms with Crippen LogP contribution in [-0.2, 0) is 5.41 Å². The maximum Gasteiger partial charge on any atom is 0.264 e. The molecule has 3 nitrogen and oxygen atoms in total. The van der Waals surface area contributed by atoms with Gasteiger partial charge < -0.3 is 9.80 Å². The lowest BCUT2D eigenvalue weighted by Crippen LogP contribution is -2.49. The van der Waals surface area contributed by atoms with E-state index in [1.54, 1.807) is 0 Å². The van der Waals surface area contributed by atoms with Crippen molar-refractivity contribution in [3.05, 3.63) is 52.2 Å². The van der Waals surface area contributed by atoms with Gasteiger partial charge in [-0.2, -0.15) is 0 Å². The average Bonchev–Trinajstić information content (AvgIpc) is 3.08. The van der Waals surface area contributed by atoms with Gasteiger partial charge in [0.05, 0.1) is 4.88 Å². The van der Waals surface area contributed by atoms with Crippen molar-refractivity contribution in [2.24, 2.45) is 0 Å². The number of piperazine rings is 1. The first-order valence-electron chi connectivity index (χ1n) is 8.14. The molecular weight excluding hydrogens is 304 g/mol. The first kappa shape index (κ1) is 16.1. The van der Waals surface area contributed by atoms with Crippen LogP contribution in [0.4, 0.5) is 5.69 Å². The molecule has 1 aliphatic rings. The Morgan fingerprint density at radius 1 is 1.00 bits per heavy atom. The van der Waals surface area contributed by atoms with Gasteiger partial charge in [0.1, 0.15) is 0 Å². The molecule has 1 saturated heterocycles. The number of carbonyl (C=O) groups is 1. The molecule has 0 bridgehead atoms. The van der Waals surface area contributed by atoms with E-state index in [-0.39, 0.29) is 11.3 Å². The van der Waals surface area contributed by atoms with Gasteiger partial charge in [-0.05, 0) is 28.5 Å². The summed E-state index contributed by atoms with van der Waals surface area (Å²) in [6.45, 7) is 10.1. The van der Waals surface area contributed by atoms with Crippen LogP contribution in [0, 0.1) is 0 Å². The third-order valence-corrected chi connectivity index (χ3v) is 5.21. The molecule has 122 valence electrons. The molecule has 2 heterocycles. The normalized spacial score (nSPS) is 15.8. The minimum Gasteiger partial charge on any atom is -0.368 e. The van der Waals surface area contributed by atoms with Crippen LogP contribution in [0.15, 0.2) is 41.8 Å². The molecular formula is C19H24N2OS. The molecule has 1 aliphatic heterocycles. The number of carbonyl (C=O) groups excluding carboxylic acids is 1. The van der Waals surface area contributed by atoms with Crippen LogP contribution in [0.3, 0.4) is 0 Å². The number of benzene rings is 1. The molecule has 1 fully saturated rings. The van der Waals surface area contributed by atoms with E-state index in [1.165, 1.54) is 22.6 Å². The van der Waals surface area contributed by atoms with Crippen LogP contribution < -0.4 is 4.90 Å². The molecule has 1 amide bonds. The van der Waals surface area contributed by atoms with E-state index >= 15 is 0 Å². The van der Waals surface area contributed by atoms with Crippen LogP contribution >= 0.6 is 11.3 Å². The Morgan fingerprint density at radius 3 is 2.30 bits per heavy atom. The zero-order chi connectivity index (χ0) is 16.4. The maximum atomic E-state index is 12.4. The minimum atomic E-state index is 0.126. The fourth-order valence-electron chi connectivity index (χ4n) is 3.09. The molecule has 0 aliphatic carbocycles. The predicted octanol–water partition coefficient (Wildman–Crippen LogP) is 4.01. The van der Waals surface area contributed by atoms with E-state index in [1.807, 2.05) is 22.4 Å². The van der Waals surface area contributed by atoms with E-state index < -0.39 is 0 Å². The Kier molecular flexibility index (Phi) is 4.44. The highest BCUT2D eigenvalue weighted by atomic mass is 32.1. The second-order valence-corrected chi connectivity index (χ2v) is 7.97. The summed E-state index contributed by atoms with van der Waals surface area (Å²) < 4.78 is 0. The number of rotatable bonds is 2. The van der Waals surface area contributed by atoms with E-state index in [4.69, 9.17) is 0 Å². The Labute approximate surface area is 142 Å². The molecule has 2 aromatic rings. The Balaban J connectivity index is 1.72. The average molecular weight is 328 g/mol. The van der Waals surface area contributed by atoms with Gasteiger partial charge >= 0.3 is 0 Å². The number of hydrogen-bond acceptors (Lipinski definition) is 3. The van der Waals surface area contributed by atoms with Gasteiger partial charge in [0.25, 0.3) is 5.91 Å².